The van der Waals surface area contributed by atoms with Gasteiger partial charge in [-0.3, -0.25) is 9.59 Å². The Balaban J connectivity index is 1.51. The van der Waals surface area contributed by atoms with Crippen molar-refractivity contribution in [2.45, 2.75) is 38.6 Å². The van der Waals surface area contributed by atoms with Crippen molar-refractivity contribution in [2.75, 3.05) is 11.9 Å². The van der Waals surface area contributed by atoms with Gasteiger partial charge in [-0.1, -0.05) is 6.92 Å². The highest BCUT2D eigenvalue weighted by Crippen LogP contribution is 2.40. The van der Waals surface area contributed by atoms with Crippen LogP contribution >= 0.6 is 12.2 Å². The molecule has 2 aliphatic rings. The maximum Gasteiger partial charge on any atom is 0.266 e. The van der Waals surface area contributed by atoms with E-state index in [0.29, 0.717) is 35.0 Å². The zero-order valence-corrected chi connectivity index (χ0v) is 14.9. The van der Waals surface area contributed by atoms with Gasteiger partial charge >= 0.3 is 0 Å². The number of rotatable bonds is 3. The molecule has 132 valence electrons. The number of hydrogen-bond donors (Lipinski definition) is 2. The third-order valence-corrected chi connectivity index (χ3v) is 5.39. The van der Waals surface area contributed by atoms with Gasteiger partial charge in [0.2, 0.25) is 11.8 Å². The number of carbonyl (C=O) groups excluding carboxylic acids is 2. The number of aromatic amines is 1. The van der Waals surface area contributed by atoms with E-state index in [0.717, 1.165) is 24.8 Å². The molecule has 1 saturated carbocycles. The minimum Gasteiger partial charge on any atom is -0.429 e. The van der Waals surface area contributed by atoms with Crippen molar-refractivity contribution in [1.29, 1.82) is 0 Å². The SMILES string of the molecule is CC1CC1C(=O)N1CCCCC1C(=O)Nc1ccc2[nH]c(=S)oc2c1. The monoisotopic (exact) mass is 359 g/mol. The van der Waals surface area contributed by atoms with Crippen molar-refractivity contribution in [3.05, 3.63) is 23.0 Å². The van der Waals surface area contributed by atoms with Crippen LogP contribution in [-0.4, -0.2) is 34.3 Å². The molecule has 4 rings (SSSR count). The number of hydrogen-bond acceptors (Lipinski definition) is 4. The molecule has 2 aromatic rings. The van der Waals surface area contributed by atoms with Gasteiger partial charge in [0, 0.05) is 24.2 Å². The van der Waals surface area contributed by atoms with Gasteiger partial charge in [0.25, 0.3) is 4.84 Å². The lowest BCUT2D eigenvalue weighted by molar-refractivity contribution is -0.141. The summed E-state index contributed by atoms with van der Waals surface area (Å²) in [5.41, 5.74) is 2.04. The Kier molecular flexibility index (Phi) is 4.11. The largest absolute Gasteiger partial charge is 0.429 e. The van der Waals surface area contributed by atoms with Crippen molar-refractivity contribution in [3.63, 3.8) is 0 Å². The number of nitrogens with zero attached hydrogens (tertiary/aromatic N) is 1. The second kappa shape index (κ2) is 6.29. The molecule has 1 aliphatic carbocycles. The van der Waals surface area contributed by atoms with Crippen molar-refractivity contribution < 1.29 is 14.0 Å². The summed E-state index contributed by atoms with van der Waals surface area (Å²) in [5.74, 6) is 0.561. The highest BCUT2D eigenvalue weighted by Gasteiger charge is 2.44. The van der Waals surface area contributed by atoms with Gasteiger partial charge in [-0.15, -0.1) is 0 Å². The number of aromatic nitrogens is 1. The summed E-state index contributed by atoms with van der Waals surface area (Å²) in [4.78, 5) is 30.4. The molecule has 2 amide bonds. The van der Waals surface area contributed by atoms with Crippen LogP contribution < -0.4 is 5.32 Å². The highest BCUT2D eigenvalue weighted by atomic mass is 32.1. The lowest BCUT2D eigenvalue weighted by Gasteiger charge is -2.35. The molecule has 0 spiro atoms. The summed E-state index contributed by atoms with van der Waals surface area (Å²) in [6.45, 7) is 2.76. The first-order chi connectivity index (χ1) is 12.0. The smallest absolute Gasteiger partial charge is 0.266 e. The summed E-state index contributed by atoms with van der Waals surface area (Å²) in [5, 5.41) is 2.93. The predicted molar refractivity (Wildman–Crippen MR) is 96.7 cm³/mol. The fourth-order valence-corrected chi connectivity index (χ4v) is 3.80. The molecule has 2 heterocycles. The number of fused-ring (bicyclic) bond motifs is 1. The number of oxazole rings is 1. The molecule has 6 nitrogen and oxygen atoms in total. The average Bonchev–Trinajstić information content (AvgIpc) is 3.21. The lowest BCUT2D eigenvalue weighted by atomic mass is 10.00. The second-order valence-corrected chi connectivity index (χ2v) is 7.45. The van der Waals surface area contributed by atoms with Crippen LogP contribution in [0.4, 0.5) is 5.69 Å². The van der Waals surface area contributed by atoms with Gasteiger partial charge in [0.05, 0.1) is 5.52 Å². The van der Waals surface area contributed by atoms with Gasteiger partial charge in [0.1, 0.15) is 6.04 Å². The predicted octanol–water partition coefficient (Wildman–Crippen LogP) is 3.47. The third kappa shape index (κ3) is 3.20. The standard InChI is InChI=1S/C18H21N3O3S/c1-10-8-12(10)17(23)21-7-3-2-4-14(21)16(22)19-11-5-6-13-15(9-11)24-18(25)20-13/h5-6,9-10,12,14H,2-4,7-8H2,1H3,(H,19,22)(H,20,25). The molecule has 1 aliphatic heterocycles. The Morgan fingerprint density at radius 1 is 1.36 bits per heavy atom. The first kappa shape index (κ1) is 16.3. The van der Waals surface area contributed by atoms with Crippen LogP contribution in [0.15, 0.2) is 22.6 Å². The zero-order valence-electron chi connectivity index (χ0n) is 14.1. The minimum atomic E-state index is -0.387. The summed E-state index contributed by atoms with van der Waals surface area (Å²) < 4.78 is 5.39. The number of benzene rings is 1. The Labute approximate surface area is 150 Å². The van der Waals surface area contributed by atoms with Gasteiger partial charge in [-0.05, 0) is 56.0 Å². The van der Waals surface area contributed by atoms with Gasteiger partial charge in [-0.25, -0.2) is 0 Å². The molecule has 2 fully saturated rings. The minimum absolute atomic E-state index is 0.105. The summed E-state index contributed by atoms with van der Waals surface area (Å²) in [6, 6.07) is 4.98. The summed E-state index contributed by atoms with van der Waals surface area (Å²) >= 11 is 4.98. The maximum atomic E-state index is 12.8. The summed E-state index contributed by atoms with van der Waals surface area (Å²) in [6.07, 6.45) is 3.59. The molecule has 1 saturated heterocycles. The van der Waals surface area contributed by atoms with Crippen LogP contribution in [0, 0.1) is 16.7 Å². The molecule has 0 radical (unpaired) electrons. The molecule has 2 N–H and O–H groups in total. The van der Waals surface area contributed by atoms with E-state index in [4.69, 9.17) is 16.6 Å². The fraction of sp³-hybridized carbons (Fsp3) is 0.500. The Morgan fingerprint density at radius 2 is 2.16 bits per heavy atom. The third-order valence-electron chi connectivity index (χ3n) is 5.20. The molecule has 7 heteroatoms. The number of anilines is 1. The van der Waals surface area contributed by atoms with E-state index in [1.54, 1.807) is 17.0 Å². The van der Waals surface area contributed by atoms with E-state index in [1.807, 2.05) is 6.07 Å². The normalized spacial score (nSPS) is 25.8. The molecule has 1 aromatic heterocycles. The number of amides is 2. The van der Waals surface area contributed by atoms with Gasteiger partial charge in [-0.2, -0.15) is 0 Å². The van der Waals surface area contributed by atoms with Crippen LogP contribution in [0.5, 0.6) is 0 Å². The Hall–Kier alpha value is -2.15. The number of carbonyl (C=O) groups is 2. The molecule has 3 unspecified atom stereocenters. The van der Waals surface area contributed by atoms with Crippen LogP contribution in [0.25, 0.3) is 11.1 Å². The van der Waals surface area contributed by atoms with E-state index < -0.39 is 0 Å². The van der Waals surface area contributed by atoms with E-state index in [9.17, 15) is 9.59 Å². The quantitative estimate of drug-likeness (QED) is 0.823. The van der Waals surface area contributed by atoms with E-state index in [2.05, 4.69) is 17.2 Å². The van der Waals surface area contributed by atoms with Crippen LogP contribution in [-0.2, 0) is 9.59 Å². The van der Waals surface area contributed by atoms with Crippen LogP contribution in [0.1, 0.15) is 32.6 Å². The Morgan fingerprint density at radius 3 is 2.92 bits per heavy atom. The number of piperidine rings is 1. The number of nitrogens with one attached hydrogen (secondary N) is 2. The molecular formula is C18H21N3O3S. The first-order valence-electron chi connectivity index (χ1n) is 8.77. The van der Waals surface area contributed by atoms with Crippen molar-refractivity contribution in [3.8, 4) is 0 Å². The molecule has 0 bridgehead atoms. The van der Waals surface area contributed by atoms with Gasteiger partial charge in [0.15, 0.2) is 5.58 Å². The van der Waals surface area contributed by atoms with Crippen molar-refractivity contribution in [1.82, 2.24) is 9.88 Å². The van der Waals surface area contributed by atoms with Crippen LogP contribution in [0.3, 0.4) is 0 Å². The first-order valence-corrected chi connectivity index (χ1v) is 9.18. The van der Waals surface area contributed by atoms with Gasteiger partial charge < -0.3 is 19.6 Å². The number of H-pyrrole nitrogens is 1. The van der Waals surface area contributed by atoms with E-state index in [1.165, 1.54) is 0 Å². The zero-order chi connectivity index (χ0) is 17.6. The van der Waals surface area contributed by atoms with Crippen molar-refractivity contribution in [2.24, 2.45) is 11.8 Å². The lowest BCUT2D eigenvalue weighted by Crippen LogP contribution is -2.50. The van der Waals surface area contributed by atoms with E-state index in [-0.39, 0.29) is 23.8 Å². The maximum absolute atomic E-state index is 12.8. The molecule has 1 aromatic carbocycles. The average molecular weight is 359 g/mol. The highest BCUT2D eigenvalue weighted by molar-refractivity contribution is 7.71. The molecule has 3 atom stereocenters. The number of likely N-dealkylation sites (tertiary alicyclic amines) is 1. The summed E-state index contributed by atoms with van der Waals surface area (Å²) in [7, 11) is 0. The molecular weight excluding hydrogens is 338 g/mol. The van der Waals surface area contributed by atoms with Crippen molar-refractivity contribution >= 4 is 40.8 Å². The topological polar surface area (TPSA) is 78.3 Å². The Bertz CT molecular complexity index is 887. The fourth-order valence-electron chi connectivity index (χ4n) is 3.60. The van der Waals surface area contributed by atoms with E-state index >= 15 is 0 Å². The second-order valence-electron chi connectivity index (χ2n) is 7.08. The molecule has 25 heavy (non-hydrogen) atoms. The van der Waals surface area contributed by atoms with Crippen LogP contribution in [0.2, 0.25) is 0 Å².